The summed E-state index contributed by atoms with van der Waals surface area (Å²) >= 11 is 0. The number of aryl methyl sites for hydroxylation is 1. The number of ether oxygens (including phenoxy) is 2. The van der Waals surface area contributed by atoms with Gasteiger partial charge in [-0.2, -0.15) is 4.98 Å². The molecule has 9 nitrogen and oxygen atoms in total. The minimum Gasteiger partial charge on any atom is -0.486 e. The number of nitrogens with zero attached hydrogens (tertiary/aromatic N) is 3. The molecule has 9 heteroatoms. The van der Waals surface area contributed by atoms with Crippen molar-refractivity contribution in [3.63, 3.8) is 0 Å². The van der Waals surface area contributed by atoms with Crippen LogP contribution >= 0.6 is 0 Å². The van der Waals surface area contributed by atoms with Crippen molar-refractivity contribution in [1.29, 1.82) is 0 Å². The first-order valence-electron chi connectivity index (χ1n) is 8.71. The number of benzene rings is 1. The summed E-state index contributed by atoms with van der Waals surface area (Å²) < 4.78 is 11.0. The molecule has 0 atom stereocenters. The molecule has 0 bridgehead atoms. The van der Waals surface area contributed by atoms with Crippen molar-refractivity contribution >= 4 is 23.5 Å². The molecule has 27 heavy (non-hydrogen) atoms. The van der Waals surface area contributed by atoms with Crippen molar-refractivity contribution in [1.82, 2.24) is 14.9 Å². The Bertz CT molecular complexity index is 812. The van der Waals surface area contributed by atoms with Crippen molar-refractivity contribution in [3.8, 4) is 11.5 Å². The molecule has 0 saturated heterocycles. The van der Waals surface area contributed by atoms with E-state index >= 15 is 0 Å². The maximum atomic E-state index is 12.3. The van der Waals surface area contributed by atoms with Crippen LogP contribution in [0.1, 0.15) is 5.69 Å². The molecule has 0 saturated carbocycles. The van der Waals surface area contributed by atoms with E-state index in [0.717, 1.165) is 18.8 Å². The number of hydrogen-bond acceptors (Lipinski definition) is 7. The summed E-state index contributed by atoms with van der Waals surface area (Å²) in [6.45, 7) is 4.48. The van der Waals surface area contributed by atoms with E-state index in [-0.39, 0.29) is 5.95 Å². The lowest BCUT2D eigenvalue weighted by atomic mass is 10.2. The Kier molecular flexibility index (Phi) is 5.92. The summed E-state index contributed by atoms with van der Waals surface area (Å²) in [6, 6.07) is 6.63. The van der Waals surface area contributed by atoms with Gasteiger partial charge in [-0.1, -0.05) is 0 Å². The molecule has 1 aliphatic heterocycles. The highest BCUT2D eigenvalue weighted by atomic mass is 16.6. The minimum absolute atomic E-state index is 0.234. The van der Waals surface area contributed by atoms with E-state index < -0.39 is 6.03 Å². The molecule has 0 spiro atoms. The molecule has 1 aliphatic rings. The van der Waals surface area contributed by atoms with E-state index in [9.17, 15) is 4.79 Å². The predicted molar refractivity (Wildman–Crippen MR) is 104 cm³/mol. The Morgan fingerprint density at radius 2 is 1.89 bits per heavy atom. The van der Waals surface area contributed by atoms with E-state index in [1.807, 2.05) is 27.1 Å². The van der Waals surface area contributed by atoms with Crippen LogP contribution in [-0.4, -0.2) is 61.3 Å². The maximum Gasteiger partial charge on any atom is 0.326 e. The summed E-state index contributed by atoms with van der Waals surface area (Å²) in [5, 5.41) is 8.62. The van der Waals surface area contributed by atoms with Gasteiger partial charge in [0.2, 0.25) is 5.95 Å². The van der Waals surface area contributed by atoms with Gasteiger partial charge in [-0.3, -0.25) is 5.32 Å². The molecule has 1 aromatic carbocycles. The highest BCUT2D eigenvalue weighted by Crippen LogP contribution is 2.32. The summed E-state index contributed by atoms with van der Waals surface area (Å²) in [6.07, 6.45) is 0. The molecule has 2 aromatic rings. The van der Waals surface area contributed by atoms with E-state index in [4.69, 9.17) is 9.47 Å². The molecule has 2 amide bonds. The fraction of sp³-hybridized carbons (Fsp3) is 0.389. The lowest BCUT2D eigenvalue weighted by molar-refractivity contribution is 0.171. The largest absolute Gasteiger partial charge is 0.486 e. The average Bonchev–Trinajstić information content (AvgIpc) is 2.60. The number of carbonyl (C=O) groups is 1. The Labute approximate surface area is 158 Å². The molecule has 1 aromatic heterocycles. The normalized spacial score (nSPS) is 12.6. The minimum atomic E-state index is -0.434. The number of anilines is 3. The predicted octanol–water partition coefficient (Wildman–Crippen LogP) is 2.17. The number of hydrogen-bond donors (Lipinski definition) is 3. The van der Waals surface area contributed by atoms with Gasteiger partial charge in [-0.25, -0.2) is 9.78 Å². The van der Waals surface area contributed by atoms with Crippen LogP contribution in [0.4, 0.5) is 22.2 Å². The fourth-order valence-corrected chi connectivity index (χ4v) is 2.51. The standard InChI is InChI=1S/C18H24N6O3/c1-12-10-16(19-6-7-24(2)3)22-17(20-12)23-18(25)21-13-4-5-14-15(11-13)27-9-8-26-14/h4-5,10-11H,6-9H2,1-3H3,(H3,19,20,21,22,23,25). The van der Waals surface area contributed by atoms with Gasteiger partial charge in [0.05, 0.1) is 0 Å². The summed E-state index contributed by atoms with van der Waals surface area (Å²) in [4.78, 5) is 22.9. The lowest BCUT2D eigenvalue weighted by Crippen LogP contribution is -2.23. The molecule has 3 N–H and O–H groups in total. The van der Waals surface area contributed by atoms with Crippen molar-refractivity contribution in [2.45, 2.75) is 6.92 Å². The van der Waals surface area contributed by atoms with Gasteiger partial charge in [-0.15, -0.1) is 0 Å². The highest BCUT2D eigenvalue weighted by molar-refractivity contribution is 5.98. The number of carbonyl (C=O) groups excluding carboxylic acids is 1. The molecular formula is C18H24N6O3. The van der Waals surface area contributed by atoms with Crippen LogP contribution in [0.15, 0.2) is 24.3 Å². The summed E-state index contributed by atoms with van der Waals surface area (Å²) in [5.41, 5.74) is 1.35. The van der Waals surface area contributed by atoms with Crippen LogP contribution in [0.2, 0.25) is 0 Å². The smallest absolute Gasteiger partial charge is 0.326 e. The van der Waals surface area contributed by atoms with Gasteiger partial charge in [0.25, 0.3) is 0 Å². The van der Waals surface area contributed by atoms with Crippen LogP contribution in [0.25, 0.3) is 0 Å². The van der Waals surface area contributed by atoms with Gasteiger partial charge in [-0.05, 0) is 33.2 Å². The van der Waals surface area contributed by atoms with Crippen molar-refractivity contribution in [2.75, 3.05) is 56.3 Å². The first-order chi connectivity index (χ1) is 13.0. The van der Waals surface area contributed by atoms with Crippen LogP contribution in [0.5, 0.6) is 11.5 Å². The second-order valence-corrected chi connectivity index (χ2v) is 6.39. The van der Waals surface area contributed by atoms with Crippen molar-refractivity contribution in [3.05, 3.63) is 30.0 Å². The van der Waals surface area contributed by atoms with E-state index in [0.29, 0.717) is 36.2 Å². The highest BCUT2D eigenvalue weighted by Gasteiger charge is 2.13. The van der Waals surface area contributed by atoms with Crippen LogP contribution in [0, 0.1) is 6.92 Å². The van der Waals surface area contributed by atoms with E-state index in [1.165, 1.54) is 0 Å². The number of fused-ring (bicyclic) bond motifs is 1. The molecule has 0 fully saturated rings. The van der Waals surface area contributed by atoms with E-state index in [2.05, 4.69) is 30.8 Å². The van der Waals surface area contributed by atoms with Crippen LogP contribution in [0.3, 0.4) is 0 Å². The second-order valence-electron chi connectivity index (χ2n) is 6.39. The van der Waals surface area contributed by atoms with Gasteiger partial charge >= 0.3 is 6.03 Å². The Hall–Kier alpha value is -3.07. The van der Waals surface area contributed by atoms with Gasteiger partial charge in [0, 0.05) is 36.6 Å². The molecule has 0 unspecified atom stereocenters. The quantitative estimate of drug-likeness (QED) is 0.714. The van der Waals surface area contributed by atoms with E-state index in [1.54, 1.807) is 18.2 Å². The SMILES string of the molecule is Cc1cc(NCCN(C)C)nc(NC(=O)Nc2ccc3c(c2)OCCO3)n1. The number of nitrogens with one attached hydrogen (secondary N) is 3. The number of urea groups is 1. The number of likely N-dealkylation sites (N-methyl/N-ethyl adjacent to an activating group) is 1. The van der Waals surface area contributed by atoms with Gasteiger partial charge in [0.15, 0.2) is 11.5 Å². The number of rotatable bonds is 6. The Morgan fingerprint density at radius 1 is 1.11 bits per heavy atom. The Balaban J connectivity index is 1.61. The first kappa shape index (κ1) is 18.7. The van der Waals surface area contributed by atoms with Crippen molar-refractivity contribution < 1.29 is 14.3 Å². The third-order valence-electron chi connectivity index (χ3n) is 3.74. The van der Waals surface area contributed by atoms with Crippen LogP contribution < -0.4 is 25.4 Å². The summed E-state index contributed by atoms with van der Waals surface area (Å²) in [5.74, 6) is 2.18. The third-order valence-corrected chi connectivity index (χ3v) is 3.74. The molecule has 2 heterocycles. The topological polar surface area (TPSA) is 101 Å². The van der Waals surface area contributed by atoms with Gasteiger partial charge in [0.1, 0.15) is 19.0 Å². The maximum absolute atomic E-state index is 12.3. The summed E-state index contributed by atoms with van der Waals surface area (Å²) in [7, 11) is 4.00. The van der Waals surface area contributed by atoms with Crippen LogP contribution in [-0.2, 0) is 0 Å². The second kappa shape index (κ2) is 8.54. The molecular weight excluding hydrogens is 348 g/mol. The third kappa shape index (κ3) is 5.45. The lowest BCUT2D eigenvalue weighted by Gasteiger charge is -2.19. The molecule has 0 aliphatic carbocycles. The zero-order valence-corrected chi connectivity index (χ0v) is 15.7. The first-order valence-corrected chi connectivity index (χ1v) is 8.71. The molecule has 3 rings (SSSR count). The zero-order chi connectivity index (χ0) is 19.2. The number of aromatic nitrogens is 2. The average molecular weight is 372 g/mol. The molecule has 144 valence electrons. The fourth-order valence-electron chi connectivity index (χ4n) is 2.51. The van der Waals surface area contributed by atoms with Gasteiger partial charge < -0.3 is 25.0 Å². The Morgan fingerprint density at radius 3 is 2.67 bits per heavy atom. The monoisotopic (exact) mass is 372 g/mol. The molecule has 0 radical (unpaired) electrons. The number of amides is 2. The zero-order valence-electron chi connectivity index (χ0n) is 15.7. The van der Waals surface area contributed by atoms with Crippen molar-refractivity contribution in [2.24, 2.45) is 0 Å².